The molecule has 0 bridgehead atoms. The van der Waals surface area contributed by atoms with Gasteiger partial charge in [0, 0.05) is 66.8 Å². The summed E-state index contributed by atoms with van der Waals surface area (Å²) in [6, 6.07) is 6.38. The zero-order valence-corrected chi connectivity index (χ0v) is 23.8. The van der Waals surface area contributed by atoms with Crippen molar-refractivity contribution >= 4 is 34.8 Å². The average molecular weight is 592 g/mol. The SMILES string of the molecule is CC(Oc1cc(-c2cnc(N3CCOCC3)c(OCCN3CCOCC3)c2)cnc1N)c1c(Cl)ccc(F)c1Cl. The van der Waals surface area contributed by atoms with E-state index in [2.05, 4.69) is 14.8 Å². The van der Waals surface area contributed by atoms with Crippen LogP contribution in [0.2, 0.25) is 10.0 Å². The van der Waals surface area contributed by atoms with Crippen LogP contribution in [0.15, 0.2) is 36.7 Å². The van der Waals surface area contributed by atoms with Crippen LogP contribution in [0.3, 0.4) is 0 Å². The third-order valence-corrected chi connectivity index (χ3v) is 7.63. The van der Waals surface area contributed by atoms with Crippen molar-refractivity contribution in [2.24, 2.45) is 0 Å². The van der Waals surface area contributed by atoms with Gasteiger partial charge in [0.15, 0.2) is 23.1 Å². The van der Waals surface area contributed by atoms with Gasteiger partial charge in [0.2, 0.25) is 0 Å². The molecule has 2 saturated heterocycles. The van der Waals surface area contributed by atoms with E-state index in [1.807, 2.05) is 6.07 Å². The van der Waals surface area contributed by atoms with Crippen molar-refractivity contribution in [2.75, 3.05) is 76.4 Å². The summed E-state index contributed by atoms with van der Waals surface area (Å²) in [6.45, 7) is 9.02. The lowest BCUT2D eigenvalue weighted by atomic mass is 10.1. The van der Waals surface area contributed by atoms with Gasteiger partial charge in [-0.05, 0) is 31.2 Å². The Morgan fingerprint density at radius 3 is 2.35 bits per heavy atom. The molecule has 2 N–H and O–H groups in total. The molecule has 1 unspecified atom stereocenters. The monoisotopic (exact) mass is 591 g/mol. The zero-order chi connectivity index (χ0) is 28.1. The lowest BCUT2D eigenvalue weighted by Gasteiger charge is -2.30. The minimum atomic E-state index is -0.684. The van der Waals surface area contributed by atoms with E-state index in [0.717, 1.165) is 62.9 Å². The highest BCUT2D eigenvalue weighted by atomic mass is 35.5. The Bertz CT molecular complexity index is 1320. The Labute approximate surface area is 242 Å². The van der Waals surface area contributed by atoms with Crippen molar-refractivity contribution in [3.8, 4) is 22.6 Å². The molecular weight excluding hydrogens is 560 g/mol. The number of nitrogens with two attached hydrogens (primary N) is 1. The van der Waals surface area contributed by atoms with Gasteiger partial charge < -0.3 is 29.6 Å². The summed E-state index contributed by atoms with van der Waals surface area (Å²) < 4.78 is 37.5. The van der Waals surface area contributed by atoms with Crippen LogP contribution >= 0.6 is 23.2 Å². The first kappa shape index (κ1) is 28.6. The van der Waals surface area contributed by atoms with Gasteiger partial charge in [0.25, 0.3) is 0 Å². The number of rotatable bonds is 9. The van der Waals surface area contributed by atoms with Crippen LogP contribution in [-0.4, -0.2) is 80.6 Å². The summed E-state index contributed by atoms with van der Waals surface area (Å²) >= 11 is 12.5. The number of anilines is 2. The number of nitrogens with zero attached hydrogens (tertiary/aromatic N) is 4. The van der Waals surface area contributed by atoms with Crippen LogP contribution in [0.1, 0.15) is 18.6 Å². The van der Waals surface area contributed by atoms with Crippen molar-refractivity contribution in [2.45, 2.75) is 13.0 Å². The summed E-state index contributed by atoms with van der Waals surface area (Å²) in [5.74, 6) is 1.37. The van der Waals surface area contributed by atoms with Crippen LogP contribution in [0.25, 0.3) is 11.1 Å². The standard InChI is InChI=1S/C28H32Cl2FN5O4/c1-18(25-21(29)2-3-22(31)26(25)30)40-23-14-19(16-33-27(23)32)20-15-24(39-13-6-35-4-9-37-10-5-35)28(34-17-20)36-7-11-38-12-8-36/h2-3,14-18H,4-13H2,1H3,(H2,32,33). The maximum Gasteiger partial charge on any atom is 0.171 e. The van der Waals surface area contributed by atoms with E-state index >= 15 is 0 Å². The van der Waals surface area contributed by atoms with E-state index in [4.69, 9.17) is 52.9 Å². The van der Waals surface area contributed by atoms with Gasteiger partial charge in [-0.2, -0.15) is 0 Å². The summed E-state index contributed by atoms with van der Waals surface area (Å²) in [6.07, 6.45) is 2.74. The fraction of sp³-hybridized carbons (Fsp3) is 0.429. The number of morpholine rings is 2. The highest BCUT2D eigenvalue weighted by Gasteiger charge is 2.22. The molecule has 5 rings (SSSR count). The lowest BCUT2D eigenvalue weighted by Crippen LogP contribution is -2.39. The molecule has 9 nitrogen and oxygen atoms in total. The maximum atomic E-state index is 14.1. The quantitative estimate of drug-likeness (QED) is 0.350. The Hall–Kier alpha value is -2.89. The molecule has 0 aliphatic carbocycles. The molecule has 1 aromatic carbocycles. The first-order valence-electron chi connectivity index (χ1n) is 13.2. The van der Waals surface area contributed by atoms with E-state index in [-0.39, 0.29) is 10.8 Å². The molecule has 1 atom stereocenters. The van der Waals surface area contributed by atoms with Crippen molar-refractivity contribution in [1.29, 1.82) is 0 Å². The highest BCUT2D eigenvalue weighted by Crippen LogP contribution is 2.38. The first-order chi connectivity index (χ1) is 19.4. The van der Waals surface area contributed by atoms with E-state index in [9.17, 15) is 4.39 Å². The number of halogens is 3. The Morgan fingerprint density at radius 1 is 0.975 bits per heavy atom. The molecule has 2 aliphatic rings. The zero-order valence-electron chi connectivity index (χ0n) is 22.2. The average Bonchev–Trinajstić information content (AvgIpc) is 2.97. The molecule has 0 saturated carbocycles. The molecule has 214 valence electrons. The largest absolute Gasteiger partial charge is 0.488 e. The van der Waals surface area contributed by atoms with Crippen LogP contribution < -0.4 is 20.1 Å². The van der Waals surface area contributed by atoms with Gasteiger partial charge in [-0.15, -0.1) is 0 Å². The molecule has 0 spiro atoms. The summed E-state index contributed by atoms with van der Waals surface area (Å²) in [4.78, 5) is 13.6. The van der Waals surface area contributed by atoms with E-state index in [1.165, 1.54) is 12.1 Å². The molecular formula is C28H32Cl2FN5O4. The number of ether oxygens (including phenoxy) is 4. The Morgan fingerprint density at radius 2 is 1.62 bits per heavy atom. The molecule has 2 fully saturated rings. The second-order valence-electron chi connectivity index (χ2n) is 9.57. The number of benzene rings is 1. The topological polar surface area (TPSA) is 95.2 Å². The normalized spacial score (nSPS) is 17.1. The summed E-state index contributed by atoms with van der Waals surface area (Å²) in [5.41, 5.74) is 7.98. The minimum absolute atomic E-state index is 0.0931. The van der Waals surface area contributed by atoms with Crippen LogP contribution in [-0.2, 0) is 9.47 Å². The molecule has 2 aromatic heterocycles. The third-order valence-electron chi connectivity index (χ3n) is 6.92. The van der Waals surface area contributed by atoms with Crippen molar-refractivity contribution in [1.82, 2.24) is 14.9 Å². The number of hydrogen-bond acceptors (Lipinski definition) is 9. The van der Waals surface area contributed by atoms with Crippen molar-refractivity contribution < 1.29 is 23.3 Å². The number of nitrogen functional groups attached to an aromatic ring is 1. The molecule has 0 amide bonds. The number of pyridine rings is 2. The molecule has 0 radical (unpaired) electrons. The maximum absolute atomic E-state index is 14.1. The fourth-order valence-electron chi connectivity index (χ4n) is 4.70. The van der Waals surface area contributed by atoms with Gasteiger partial charge in [-0.25, -0.2) is 14.4 Å². The summed E-state index contributed by atoms with van der Waals surface area (Å²) in [5, 5.41) is 0.202. The van der Waals surface area contributed by atoms with Crippen molar-refractivity contribution in [3.05, 3.63) is 58.1 Å². The second kappa shape index (κ2) is 13.2. The molecule has 2 aliphatic heterocycles. The van der Waals surface area contributed by atoms with Gasteiger partial charge >= 0.3 is 0 Å². The Balaban J connectivity index is 1.39. The van der Waals surface area contributed by atoms with Gasteiger partial charge in [-0.3, -0.25) is 4.90 Å². The predicted octanol–water partition coefficient (Wildman–Crippen LogP) is 4.86. The van der Waals surface area contributed by atoms with Crippen LogP contribution in [0.5, 0.6) is 11.5 Å². The molecule has 12 heteroatoms. The minimum Gasteiger partial charge on any atom is -0.488 e. The van der Waals surface area contributed by atoms with Gasteiger partial charge in [-0.1, -0.05) is 23.2 Å². The third kappa shape index (κ3) is 6.70. The van der Waals surface area contributed by atoms with Crippen LogP contribution in [0, 0.1) is 5.82 Å². The predicted molar refractivity (Wildman–Crippen MR) is 153 cm³/mol. The first-order valence-corrected chi connectivity index (χ1v) is 14.0. The number of aromatic nitrogens is 2. The molecule has 3 aromatic rings. The van der Waals surface area contributed by atoms with Crippen LogP contribution in [0.4, 0.5) is 16.0 Å². The smallest absolute Gasteiger partial charge is 0.171 e. The molecule has 40 heavy (non-hydrogen) atoms. The fourth-order valence-corrected chi connectivity index (χ4v) is 5.37. The highest BCUT2D eigenvalue weighted by molar-refractivity contribution is 6.36. The van der Waals surface area contributed by atoms with E-state index in [0.29, 0.717) is 41.9 Å². The van der Waals surface area contributed by atoms with Gasteiger partial charge in [0.1, 0.15) is 18.5 Å². The van der Waals surface area contributed by atoms with E-state index in [1.54, 1.807) is 25.4 Å². The van der Waals surface area contributed by atoms with E-state index < -0.39 is 11.9 Å². The second-order valence-corrected chi connectivity index (χ2v) is 10.4. The lowest BCUT2D eigenvalue weighted by molar-refractivity contribution is 0.0322. The van der Waals surface area contributed by atoms with Crippen molar-refractivity contribution in [3.63, 3.8) is 0 Å². The molecule has 4 heterocycles. The summed E-state index contributed by atoms with van der Waals surface area (Å²) in [7, 11) is 0. The van der Waals surface area contributed by atoms with Gasteiger partial charge in [0.05, 0.1) is 31.5 Å². The number of hydrogen-bond donors (Lipinski definition) is 1. The Kier molecular flexibility index (Phi) is 9.44.